The molecule has 0 saturated heterocycles. The molecule has 0 saturated carbocycles. The van der Waals surface area contributed by atoms with Crippen LogP contribution in [-0.2, 0) is 4.84 Å². The van der Waals surface area contributed by atoms with Crippen molar-refractivity contribution in [3.05, 3.63) is 82.1 Å². The zero-order valence-corrected chi connectivity index (χ0v) is 18.4. The number of furan rings is 1. The zero-order chi connectivity index (χ0) is 22.7. The Morgan fingerprint density at radius 1 is 1.06 bits per heavy atom. The number of pyridine rings is 2. The Morgan fingerprint density at radius 3 is 2.44 bits per heavy atom. The van der Waals surface area contributed by atoms with Gasteiger partial charge < -0.3 is 19.3 Å². The Labute approximate surface area is 192 Å². The van der Waals surface area contributed by atoms with Gasteiger partial charge in [0.15, 0.2) is 22.8 Å². The summed E-state index contributed by atoms with van der Waals surface area (Å²) in [6, 6.07) is 8.49. The highest BCUT2D eigenvalue weighted by Crippen LogP contribution is 2.34. The van der Waals surface area contributed by atoms with Gasteiger partial charge in [0, 0.05) is 35.7 Å². The Balaban J connectivity index is 1.82. The summed E-state index contributed by atoms with van der Waals surface area (Å²) >= 11 is 12.3. The molecule has 10 heteroatoms. The van der Waals surface area contributed by atoms with E-state index in [1.54, 1.807) is 42.7 Å². The average molecular weight is 471 g/mol. The van der Waals surface area contributed by atoms with Crippen molar-refractivity contribution in [1.29, 1.82) is 0 Å². The van der Waals surface area contributed by atoms with Crippen LogP contribution in [0.15, 0.2) is 64.7 Å². The molecule has 0 aliphatic rings. The minimum Gasteiger partial charge on any atom is -0.493 e. The van der Waals surface area contributed by atoms with E-state index >= 15 is 0 Å². The number of carbonyl (C=O) groups is 1. The Morgan fingerprint density at radius 2 is 1.78 bits per heavy atom. The maximum atomic E-state index is 13.1. The largest absolute Gasteiger partial charge is 0.493 e. The Kier molecular flexibility index (Phi) is 6.25. The van der Waals surface area contributed by atoms with Crippen LogP contribution in [0, 0.1) is 0 Å². The molecular weight excluding hydrogens is 455 g/mol. The highest BCUT2D eigenvalue weighted by Gasteiger charge is 2.22. The third-order valence-electron chi connectivity index (χ3n) is 4.57. The number of hydrogen-bond acceptors (Lipinski definition) is 7. The summed E-state index contributed by atoms with van der Waals surface area (Å²) in [5, 5.41) is 7.77. The van der Waals surface area contributed by atoms with Crippen molar-refractivity contribution in [2.24, 2.45) is 5.16 Å². The van der Waals surface area contributed by atoms with Gasteiger partial charge >= 0.3 is 0 Å². The number of carbonyl (C=O) groups excluding carboxylic acids is 1. The van der Waals surface area contributed by atoms with E-state index in [0.717, 1.165) is 5.56 Å². The van der Waals surface area contributed by atoms with Crippen LogP contribution in [0.3, 0.4) is 0 Å². The van der Waals surface area contributed by atoms with Crippen LogP contribution in [0.2, 0.25) is 10.0 Å². The lowest BCUT2D eigenvalue weighted by Gasteiger charge is -2.10. The number of methoxy groups -OCH3 is 1. The van der Waals surface area contributed by atoms with Gasteiger partial charge in [-0.05, 0) is 30.3 Å². The first-order valence-electron chi connectivity index (χ1n) is 9.26. The molecule has 0 atom stereocenters. The molecule has 0 unspecified atom stereocenters. The summed E-state index contributed by atoms with van der Waals surface area (Å²) in [4.78, 5) is 26.0. The van der Waals surface area contributed by atoms with Crippen LogP contribution < -0.4 is 10.1 Å². The summed E-state index contributed by atoms with van der Waals surface area (Å²) < 4.78 is 11.5. The first-order chi connectivity index (χ1) is 15.5. The van der Waals surface area contributed by atoms with Crippen molar-refractivity contribution >= 4 is 51.5 Å². The molecule has 3 aromatic heterocycles. The van der Waals surface area contributed by atoms with Crippen LogP contribution in [0.4, 0.5) is 5.69 Å². The second kappa shape index (κ2) is 9.25. The normalized spacial score (nSPS) is 11.4. The van der Waals surface area contributed by atoms with Crippen LogP contribution in [0.25, 0.3) is 11.0 Å². The van der Waals surface area contributed by atoms with Gasteiger partial charge in [0.1, 0.15) is 7.11 Å². The Hall–Kier alpha value is -3.62. The molecule has 1 N–H and O–H groups in total. The fraction of sp³-hybridized carbons (Fsp3) is 0.0909. The monoisotopic (exact) mass is 470 g/mol. The standard InChI is InChI=1S/C22H16Cl2N4O4/c1-30-17-4-3-13(22(29)27-20-15(23)10-26-11-16(20)24)14-9-18(32-21(14)17)19(28-31-2)12-5-7-25-8-6-12/h3-11H,1-2H3,(H,26,27,29). The molecule has 3 heterocycles. The average Bonchev–Trinajstić information content (AvgIpc) is 3.24. The lowest BCUT2D eigenvalue weighted by atomic mass is 10.1. The van der Waals surface area contributed by atoms with Gasteiger partial charge in [-0.25, -0.2) is 0 Å². The van der Waals surface area contributed by atoms with Gasteiger partial charge in [-0.15, -0.1) is 0 Å². The van der Waals surface area contributed by atoms with Crippen molar-refractivity contribution in [3.63, 3.8) is 0 Å². The van der Waals surface area contributed by atoms with E-state index in [0.29, 0.717) is 33.8 Å². The predicted molar refractivity (Wildman–Crippen MR) is 122 cm³/mol. The number of amides is 1. The highest BCUT2D eigenvalue weighted by atomic mass is 35.5. The molecular formula is C22H16Cl2N4O4. The second-order valence-corrected chi connectivity index (χ2v) is 7.27. The molecule has 32 heavy (non-hydrogen) atoms. The summed E-state index contributed by atoms with van der Waals surface area (Å²) in [5.74, 6) is 0.398. The topological polar surface area (TPSA) is 98.8 Å². The molecule has 0 aliphatic heterocycles. The van der Waals surface area contributed by atoms with E-state index < -0.39 is 5.91 Å². The van der Waals surface area contributed by atoms with Gasteiger partial charge in [0.2, 0.25) is 0 Å². The second-order valence-electron chi connectivity index (χ2n) is 6.46. The van der Waals surface area contributed by atoms with Crippen molar-refractivity contribution in [2.45, 2.75) is 0 Å². The number of nitrogens with one attached hydrogen (secondary N) is 1. The summed E-state index contributed by atoms with van der Waals surface area (Å²) in [6.45, 7) is 0. The van der Waals surface area contributed by atoms with Crippen molar-refractivity contribution in [1.82, 2.24) is 9.97 Å². The number of rotatable bonds is 6. The molecule has 8 nitrogen and oxygen atoms in total. The minimum atomic E-state index is -0.436. The van der Waals surface area contributed by atoms with E-state index in [4.69, 9.17) is 37.2 Å². The smallest absolute Gasteiger partial charge is 0.256 e. The molecule has 0 radical (unpaired) electrons. The van der Waals surface area contributed by atoms with Crippen LogP contribution >= 0.6 is 23.2 Å². The number of aromatic nitrogens is 2. The first-order valence-corrected chi connectivity index (χ1v) is 10.0. The first kappa shape index (κ1) is 21.6. The molecule has 4 rings (SSSR count). The number of benzene rings is 1. The van der Waals surface area contributed by atoms with Crippen LogP contribution in [-0.4, -0.2) is 35.8 Å². The van der Waals surface area contributed by atoms with E-state index in [1.807, 2.05) is 0 Å². The molecule has 0 aliphatic carbocycles. The lowest BCUT2D eigenvalue weighted by molar-refractivity contribution is 0.102. The van der Waals surface area contributed by atoms with E-state index in [9.17, 15) is 4.79 Å². The summed E-state index contributed by atoms with van der Waals surface area (Å²) in [5.41, 5.74) is 2.12. The van der Waals surface area contributed by atoms with Crippen molar-refractivity contribution in [2.75, 3.05) is 19.5 Å². The van der Waals surface area contributed by atoms with Gasteiger partial charge in [0.05, 0.1) is 28.4 Å². The predicted octanol–water partition coefficient (Wildman–Crippen LogP) is 5.19. The van der Waals surface area contributed by atoms with E-state index in [1.165, 1.54) is 26.6 Å². The highest BCUT2D eigenvalue weighted by molar-refractivity contribution is 6.40. The molecule has 0 spiro atoms. The van der Waals surface area contributed by atoms with Gasteiger partial charge in [-0.1, -0.05) is 28.4 Å². The zero-order valence-electron chi connectivity index (χ0n) is 16.9. The molecule has 0 bridgehead atoms. The number of ether oxygens (including phenoxy) is 1. The summed E-state index contributed by atoms with van der Waals surface area (Å²) in [6.07, 6.45) is 6.05. The molecule has 4 aromatic rings. The van der Waals surface area contributed by atoms with Crippen molar-refractivity contribution in [3.8, 4) is 5.75 Å². The van der Waals surface area contributed by atoms with Gasteiger partial charge in [0.25, 0.3) is 5.91 Å². The SMILES string of the molecule is CON=C(c1ccncc1)c1cc2c(C(=O)Nc3c(Cl)cncc3Cl)ccc(OC)c2o1. The number of fused-ring (bicyclic) bond motifs is 1. The molecule has 1 amide bonds. The van der Waals surface area contributed by atoms with Crippen LogP contribution in [0.1, 0.15) is 21.7 Å². The quantitative estimate of drug-likeness (QED) is 0.307. The number of hydrogen-bond donors (Lipinski definition) is 1. The lowest BCUT2D eigenvalue weighted by Crippen LogP contribution is -2.13. The maximum Gasteiger partial charge on any atom is 0.256 e. The number of anilines is 1. The van der Waals surface area contributed by atoms with E-state index in [-0.39, 0.29) is 15.7 Å². The fourth-order valence-electron chi connectivity index (χ4n) is 3.13. The molecule has 1 aromatic carbocycles. The third-order valence-corrected chi connectivity index (χ3v) is 5.15. The van der Waals surface area contributed by atoms with Crippen LogP contribution in [0.5, 0.6) is 5.75 Å². The summed E-state index contributed by atoms with van der Waals surface area (Å²) in [7, 11) is 2.95. The fourth-order valence-corrected chi connectivity index (χ4v) is 3.59. The third kappa shape index (κ3) is 4.10. The van der Waals surface area contributed by atoms with Gasteiger partial charge in [-0.2, -0.15) is 0 Å². The number of nitrogens with zero attached hydrogens (tertiary/aromatic N) is 3. The van der Waals surface area contributed by atoms with Crippen molar-refractivity contribution < 1.29 is 18.8 Å². The Bertz CT molecular complexity index is 1300. The van der Waals surface area contributed by atoms with Gasteiger partial charge in [-0.3, -0.25) is 14.8 Å². The molecule has 162 valence electrons. The minimum absolute atomic E-state index is 0.218. The maximum absolute atomic E-state index is 13.1. The van der Waals surface area contributed by atoms with E-state index in [2.05, 4.69) is 20.4 Å². The molecule has 0 fully saturated rings. The number of oxime groups is 1. The number of halogens is 2.